The van der Waals surface area contributed by atoms with Gasteiger partial charge in [0.15, 0.2) is 0 Å². The van der Waals surface area contributed by atoms with E-state index in [1.165, 1.54) is 0 Å². The van der Waals surface area contributed by atoms with E-state index >= 15 is 0 Å². The molecule has 0 fully saturated rings. The number of nitrogens with zero attached hydrogens (tertiary/aromatic N) is 2. The maximum absolute atomic E-state index is 12.8. The Kier molecular flexibility index (Phi) is 4.82. The molecule has 28 heavy (non-hydrogen) atoms. The van der Waals surface area contributed by atoms with Crippen molar-refractivity contribution in [1.82, 2.24) is 9.88 Å². The standard InChI is InChI=1S/C20H21N3O4S/c1-11-21-14-5-4-12(8-18(14)28-11)22-20(25)23-9-13-16(26-2)6-7-17(27-3)19(13)15(24)10-23/h4-8,15,24H,9-10H2,1-3H3,(H,22,25). The maximum atomic E-state index is 12.8. The minimum atomic E-state index is -0.855. The van der Waals surface area contributed by atoms with E-state index in [1.54, 1.807) is 42.6 Å². The van der Waals surface area contributed by atoms with Gasteiger partial charge >= 0.3 is 6.03 Å². The Morgan fingerprint density at radius 1 is 1.25 bits per heavy atom. The van der Waals surface area contributed by atoms with Crippen LogP contribution >= 0.6 is 11.3 Å². The first-order valence-electron chi connectivity index (χ1n) is 8.85. The predicted molar refractivity (Wildman–Crippen MR) is 108 cm³/mol. The second-order valence-electron chi connectivity index (χ2n) is 6.60. The van der Waals surface area contributed by atoms with Gasteiger partial charge in [-0.3, -0.25) is 0 Å². The smallest absolute Gasteiger partial charge is 0.322 e. The minimum absolute atomic E-state index is 0.171. The zero-order valence-electron chi connectivity index (χ0n) is 15.9. The van der Waals surface area contributed by atoms with E-state index in [9.17, 15) is 9.90 Å². The van der Waals surface area contributed by atoms with Crippen LogP contribution in [0.1, 0.15) is 22.2 Å². The summed E-state index contributed by atoms with van der Waals surface area (Å²) in [4.78, 5) is 18.8. The van der Waals surface area contributed by atoms with E-state index in [2.05, 4.69) is 10.3 Å². The highest BCUT2D eigenvalue weighted by atomic mass is 32.1. The number of ether oxygens (including phenoxy) is 2. The van der Waals surface area contributed by atoms with Crippen LogP contribution < -0.4 is 14.8 Å². The van der Waals surface area contributed by atoms with Gasteiger partial charge in [0, 0.05) is 16.8 Å². The van der Waals surface area contributed by atoms with E-state index in [-0.39, 0.29) is 12.6 Å². The zero-order chi connectivity index (χ0) is 19.8. The Labute approximate surface area is 166 Å². The number of aryl methyl sites for hydroxylation is 1. The molecule has 8 heteroatoms. The topological polar surface area (TPSA) is 83.9 Å². The quantitative estimate of drug-likeness (QED) is 0.702. The van der Waals surface area contributed by atoms with E-state index in [1.807, 2.05) is 25.1 Å². The summed E-state index contributed by atoms with van der Waals surface area (Å²) in [5, 5.41) is 14.6. The third-order valence-electron chi connectivity index (χ3n) is 4.82. The molecule has 4 rings (SSSR count). The highest BCUT2D eigenvalue weighted by Gasteiger charge is 2.32. The second kappa shape index (κ2) is 7.29. The van der Waals surface area contributed by atoms with Gasteiger partial charge in [0.1, 0.15) is 17.6 Å². The lowest BCUT2D eigenvalue weighted by Crippen LogP contribution is -2.41. The number of carbonyl (C=O) groups excluding carboxylic acids is 1. The molecule has 2 aromatic carbocycles. The summed E-state index contributed by atoms with van der Waals surface area (Å²) in [6.07, 6.45) is -0.855. The molecule has 0 saturated heterocycles. The lowest BCUT2D eigenvalue weighted by atomic mass is 9.95. The molecular formula is C20H21N3O4S. The van der Waals surface area contributed by atoms with Crippen molar-refractivity contribution < 1.29 is 19.4 Å². The van der Waals surface area contributed by atoms with Crippen molar-refractivity contribution in [2.45, 2.75) is 19.6 Å². The number of urea groups is 1. The molecule has 1 unspecified atom stereocenters. The van der Waals surface area contributed by atoms with Crippen molar-refractivity contribution in [3.8, 4) is 11.5 Å². The molecule has 1 aliphatic rings. The molecule has 2 heterocycles. The van der Waals surface area contributed by atoms with Crippen LogP contribution in [0.4, 0.5) is 10.5 Å². The predicted octanol–water partition coefficient (Wildman–Crippen LogP) is 3.70. The first-order chi connectivity index (χ1) is 13.5. The number of rotatable bonds is 3. The number of amides is 2. The SMILES string of the molecule is COc1ccc(OC)c2c1CN(C(=O)Nc1ccc3nc(C)sc3c1)CC2O. The lowest BCUT2D eigenvalue weighted by Gasteiger charge is -2.34. The summed E-state index contributed by atoms with van der Waals surface area (Å²) in [6.45, 7) is 2.45. The van der Waals surface area contributed by atoms with E-state index in [0.717, 1.165) is 20.8 Å². The van der Waals surface area contributed by atoms with Crippen molar-refractivity contribution in [2.24, 2.45) is 0 Å². The number of methoxy groups -OCH3 is 2. The van der Waals surface area contributed by atoms with Gasteiger partial charge in [-0.15, -0.1) is 11.3 Å². The minimum Gasteiger partial charge on any atom is -0.496 e. The molecule has 2 N–H and O–H groups in total. The van der Waals surface area contributed by atoms with Crippen molar-refractivity contribution in [2.75, 3.05) is 26.1 Å². The Hall–Kier alpha value is -2.84. The Morgan fingerprint density at radius 3 is 2.75 bits per heavy atom. The molecule has 7 nitrogen and oxygen atoms in total. The van der Waals surface area contributed by atoms with Gasteiger partial charge in [-0.25, -0.2) is 9.78 Å². The molecule has 0 spiro atoms. The number of aromatic nitrogens is 1. The average Bonchev–Trinajstić information content (AvgIpc) is 3.06. The first kappa shape index (κ1) is 18.5. The number of β-amino-alcohol motifs (C(OH)–C–C–N with tert-alkyl or cyclic N) is 1. The van der Waals surface area contributed by atoms with Gasteiger partial charge in [-0.2, -0.15) is 0 Å². The summed E-state index contributed by atoms with van der Waals surface area (Å²) in [6, 6.07) is 8.90. The average molecular weight is 399 g/mol. The van der Waals surface area contributed by atoms with Crippen LogP contribution in [0, 0.1) is 6.92 Å². The number of aliphatic hydroxyl groups is 1. The highest BCUT2D eigenvalue weighted by molar-refractivity contribution is 7.18. The molecule has 2 amide bonds. The Bertz CT molecular complexity index is 1050. The molecule has 1 aromatic heterocycles. The Balaban J connectivity index is 1.59. The number of hydrogen-bond donors (Lipinski definition) is 2. The van der Waals surface area contributed by atoms with Gasteiger partial charge in [-0.05, 0) is 37.3 Å². The number of carbonyl (C=O) groups is 1. The van der Waals surface area contributed by atoms with Crippen LogP contribution in [0.5, 0.6) is 11.5 Å². The second-order valence-corrected chi connectivity index (χ2v) is 7.84. The largest absolute Gasteiger partial charge is 0.496 e. The summed E-state index contributed by atoms with van der Waals surface area (Å²) in [5.41, 5.74) is 3.04. The van der Waals surface area contributed by atoms with Gasteiger partial charge in [0.2, 0.25) is 0 Å². The highest BCUT2D eigenvalue weighted by Crippen LogP contribution is 2.39. The first-order valence-corrected chi connectivity index (χ1v) is 9.66. The number of fused-ring (bicyclic) bond motifs is 2. The van der Waals surface area contributed by atoms with Crippen molar-refractivity contribution >= 4 is 33.3 Å². The number of thiazole rings is 1. The summed E-state index contributed by atoms with van der Waals surface area (Å²) >= 11 is 1.58. The molecule has 0 bridgehead atoms. The molecule has 3 aromatic rings. The van der Waals surface area contributed by atoms with Gasteiger partial charge in [0.05, 0.1) is 42.5 Å². The monoisotopic (exact) mass is 399 g/mol. The van der Waals surface area contributed by atoms with Crippen LogP contribution in [-0.4, -0.2) is 41.8 Å². The molecule has 1 atom stereocenters. The fourth-order valence-corrected chi connectivity index (χ4v) is 4.42. The number of anilines is 1. The molecule has 0 saturated carbocycles. The lowest BCUT2D eigenvalue weighted by molar-refractivity contribution is 0.105. The van der Waals surface area contributed by atoms with Gasteiger partial charge in [-0.1, -0.05) is 0 Å². The Morgan fingerprint density at radius 2 is 2.00 bits per heavy atom. The molecule has 1 aliphatic heterocycles. The van der Waals surface area contributed by atoms with Crippen LogP contribution in [0.25, 0.3) is 10.2 Å². The number of nitrogens with one attached hydrogen (secondary N) is 1. The molecular weight excluding hydrogens is 378 g/mol. The molecule has 0 aliphatic carbocycles. The summed E-state index contributed by atoms with van der Waals surface area (Å²) in [7, 11) is 3.13. The zero-order valence-corrected chi connectivity index (χ0v) is 16.7. The third-order valence-corrected chi connectivity index (χ3v) is 5.76. The van der Waals surface area contributed by atoms with E-state index in [4.69, 9.17) is 9.47 Å². The summed E-state index contributed by atoms with van der Waals surface area (Å²) in [5.74, 6) is 1.21. The van der Waals surface area contributed by atoms with Crippen molar-refractivity contribution in [1.29, 1.82) is 0 Å². The van der Waals surface area contributed by atoms with Crippen molar-refractivity contribution in [3.63, 3.8) is 0 Å². The van der Waals surface area contributed by atoms with Gasteiger partial charge < -0.3 is 24.8 Å². The van der Waals surface area contributed by atoms with Crippen LogP contribution in [0.15, 0.2) is 30.3 Å². The number of benzene rings is 2. The van der Waals surface area contributed by atoms with E-state index < -0.39 is 6.10 Å². The van der Waals surface area contributed by atoms with Gasteiger partial charge in [0.25, 0.3) is 0 Å². The third kappa shape index (κ3) is 3.25. The summed E-state index contributed by atoms with van der Waals surface area (Å²) < 4.78 is 11.8. The normalized spacial score (nSPS) is 16.0. The fourth-order valence-electron chi connectivity index (χ4n) is 3.55. The fraction of sp³-hybridized carbons (Fsp3) is 0.300. The van der Waals surface area contributed by atoms with Crippen LogP contribution in [-0.2, 0) is 6.54 Å². The maximum Gasteiger partial charge on any atom is 0.322 e. The van der Waals surface area contributed by atoms with Crippen LogP contribution in [0.3, 0.4) is 0 Å². The van der Waals surface area contributed by atoms with Crippen molar-refractivity contribution in [3.05, 3.63) is 46.5 Å². The number of hydrogen-bond acceptors (Lipinski definition) is 6. The van der Waals surface area contributed by atoms with E-state index in [0.29, 0.717) is 29.3 Å². The number of aliphatic hydroxyl groups excluding tert-OH is 1. The molecule has 146 valence electrons. The molecule has 0 radical (unpaired) electrons. The van der Waals surface area contributed by atoms with Crippen LogP contribution in [0.2, 0.25) is 0 Å².